The topological polar surface area (TPSA) is 21.3 Å². The molecule has 124 valence electrons. The first-order chi connectivity index (χ1) is 10.1. The molecule has 0 heterocycles. The van der Waals surface area contributed by atoms with Gasteiger partial charge in [0.25, 0.3) is 0 Å². The lowest BCUT2D eigenvalue weighted by atomic mass is 9.69. The van der Waals surface area contributed by atoms with E-state index in [4.69, 9.17) is 4.74 Å². The van der Waals surface area contributed by atoms with Crippen LogP contribution in [-0.2, 0) is 4.74 Å². The minimum absolute atomic E-state index is 0.566. The first-order valence-corrected chi connectivity index (χ1v) is 9.47. The van der Waals surface area contributed by atoms with Gasteiger partial charge in [-0.1, -0.05) is 20.8 Å². The second-order valence-corrected chi connectivity index (χ2v) is 7.89. The van der Waals surface area contributed by atoms with Crippen LogP contribution < -0.4 is 5.32 Å². The van der Waals surface area contributed by atoms with E-state index in [1.807, 2.05) is 0 Å². The Morgan fingerprint density at radius 1 is 1.00 bits per heavy atom. The highest BCUT2D eigenvalue weighted by molar-refractivity contribution is 4.89. The molecule has 0 amide bonds. The molecule has 0 aromatic carbocycles. The van der Waals surface area contributed by atoms with Crippen molar-refractivity contribution in [3.63, 3.8) is 0 Å². The first kappa shape index (κ1) is 17.3. The molecule has 3 unspecified atom stereocenters. The molecular formula is C19H37NO. The van der Waals surface area contributed by atoms with Crippen LogP contribution in [0.4, 0.5) is 0 Å². The van der Waals surface area contributed by atoms with Crippen molar-refractivity contribution < 1.29 is 4.74 Å². The highest BCUT2D eigenvalue weighted by atomic mass is 16.5. The van der Waals surface area contributed by atoms with Crippen LogP contribution in [0.2, 0.25) is 0 Å². The third kappa shape index (κ3) is 5.25. The molecule has 2 saturated carbocycles. The molecule has 0 saturated heterocycles. The highest BCUT2D eigenvalue weighted by Gasteiger charge is 2.35. The lowest BCUT2D eigenvalue weighted by Gasteiger charge is -2.42. The van der Waals surface area contributed by atoms with Gasteiger partial charge >= 0.3 is 0 Å². The van der Waals surface area contributed by atoms with E-state index in [0.29, 0.717) is 6.10 Å². The van der Waals surface area contributed by atoms with E-state index in [9.17, 15) is 0 Å². The van der Waals surface area contributed by atoms with E-state index in [1.165, 1.54) is 51.5 Å². The summed E-state index contributed by atoms with van der Waals surface area (Å²) >= 11 is 0. The molecule has 0 aromatic rings. The lowest BCUT2D eigenvalue weighted by molar-refractivity contribution is -0.0320. The number of hydrogen-bond donors (Lipinski definition) is 1. The summed E-state index contributed by atoms with van der Waals surface area (Å²) in [6.45, 7) is 11.4. The van der Waals surface area contributed by atoms with Gasteiger partial charge in [-0.3, -0.25) is 0 Å². The molecule has 0 spiro atoms. The van der Waals surface area contributed by atoms with Crippen LogP contribution in [0.5, 0.6) is 0 Å². The number of nitrogens with one attached hydrogen (secondary N) is 1. The van der Waals surface area contributed by atoms with Crippen LogP contribution in [0.3, 0.4) is 0 Å². The Morgan fingerprint density at radius 2 is 1.67 bits per heavy atom. The molecule has 1 N–H and O–H groups in total. The smallest absolute Gasteiger partial charge is 0.0580 e. The maximum atomic E-state index is 5.73. The van der Waals surface area contributed by atoms with Gasteiger partial charge in [-0.05, 0) is 82.1 Å². The summed E-state index contributed by atoms with van der Waals surface area (Å²) in [6.07, 6.45) is 10.1. The van der Waals surface area contributed by atoms with Crippen molar-refractivity contribution in [1.29, 1.82) is 0 Å². The van der Waals surface area contributed by atoms with Crippen LogP contribution in [0.25, 0.3) is 0 Å². The minimum atomic E-state index is 0.566. The molecule has 3 atom stereocenters. The van der Waals surface area contributed by atoms with Crippen molar-refractivity contribution >= 4 is 0 Å². The predicted molar refractivity (Wildman–Crippen MR) is 90.5 cm³/mol. The third-order valence-corrected chi connectivity index (χ3v) is 5.62. The second-order valence-electron chi connectivity index (χ2n) is 7.89. The summed E-state index contributed by atoms with van der Waals surface area (Å²) < 4.78 is 5.73. The fourth-order valence-electron chi connectivity index (χ4n) is 4.71. The minimum Gasteiger partial charge on any atom is -0.378 e. The van der Waals surface area contributed by atoms with Crippen LogP contribution in [-0.4, -0.2) is 25.3 Å². The van der Waals surface area contributed by atoms with Crippen LogP contribution in [0.1, 0.15) is 72.6 Å². The van der Waals surface area contributed by atoms with Gasteiger partial charge in [0, 0.05) is 12.6 Å². The van der Waals surface area contributed by atoms with Crippen molar-refractivity contribution in [3.8, 4) is 0 Å². The fraction of sp³-hybridized carbons (Fsp3) is 1.00. The van der Waals surface area contributed by atoms with E-state index in [1.54, 1.807) is 0 Å². The fourth-order valence-corrected chi connectivity index (χ4v) is 4.71. The van der Waals surface area contributed by atoms with Gasteiger partial charge < -0.3 is 10.1 Å². The maximum absolute atomic E-state index is 5.73. The molecule has 2 rings (SSSR count). The van der Waals surface area contributed by atoms with Crippen molar-refractivity contribution in [3.05, 3.63) is 0 Å². The average Bonchev–Trinajstić information content (AvgIpc) is 2.39. The zero-order valence-electron chi connectivity index (χ0n) is 14.7. The summed E-state index contributed by atoms with van der Waals surface area (Å²) in [4.78, 5) is 0. The van der Waals surface area contributed by atoms with E-state index in [2.05, 4.69) is 33.0 Å². The number of rotatable bonds is 8. The third-order valence-electron chi connectivity index (χ3n) is 5.62. The quantitative estimate of drug-likeness (QED) is 0.705. The zero-order valence-corrected chi connectivity index (χ0v) is 14.7. The summed E-state index contributed by atoms with van der Waals surface area (Å²) in [7, 11) is 0. The summed E-state index contributed by atoms with van der Waals surface area (Å²) in [5.41, 5.74) is 0. The Bertz CT molecular complexity index is 277. The summed E-state index contributed by atoms with van der Waals surface area (Å²) in [5, 5.41) is 3.89. The molecule has 0 aliphatic heterocycles. The predicted octanol–water partition coefficient (Wildman–Crippen LogP) is 4.63. The first-order valence-electron chi connectivity index (χ1n) is 9.47. The van der Waals surface area contributed by atoms with Gasteiger partial charge in [0.15, 0.2) is 0 Å². The Morgan fingerprint density at radius 3 is 2.24 bits per heavy atom. The van der Waals surface area contributed by atoms with Crippen LogP contribution >= 0.6 is 0 Å². The molecule has 2 aliphatic rings. The number of ether oxygens (including phenoxy) is 1. The largest absolute Gasteiger partial charge is 0.378 e. The van der Waals surface area contributed by atoms with Gasteiger partial charge in [0.2, 0.25) is 0 Å². The van der Waals surface area contributed by atoms with Gasteiger partial charge in [-0.15, -0.1) is 0 Å². The van der Waals surface area contributed by atoms with E-state index in [-0.39, 0.29) is 0 Å². The standard InChI is InChI=1S/C19H37NO/c1-5-7-20-19(13-16-11-18(12-16)21-6-2)17-9-14(3)8-15(4)10-17/h14-20H,5-13H2,1-4H3. The second kappa shape index (κ2) is 8.53. The highest BCUT2D eigenvalue weighted by Crippen LogP contribution is 2.40. The van der Waals surface area contributed by atoms with Crippen molar-refractivity contribution in [2.24, 2.45) is 23.7 Å². The van der Waals surface area contributed by atoms with Gasteiger partial charge in [0.1, 0.15) is 0 Å². The molecule has 0 bridgehead atoms. The molecular weight excluding hydrogens is 258 g/mol. The molecule has 2 fully saturated rings. The molecule has 2 aliphatic carbocycles. The Kier molecular flexibility index (Phi) is 7.01. The van der Waals surface area contributed by atoms with Crippen LogP contribution in [0.15, 0.2) is 0 Å². The monoisotopic (exact) mass is 295 g/mol. The Hall–Kier alpha value is -0.0800. The summed E-state index contributed by atoms with van der Waals surface area (Å²) in [5.74, 6) is 3.65. The van der Waals surface area contributed by atoms with Gasteiger partial charge in [-0.2, -0.15) is 0 Å². The Balaban J connectivity index is 1.83. The van der Waals surface area contributed by atoms with Crippen molar-refractivity contribution in [1.82, 2.24) is 5.32 Å². The Labute approximate surface area is 132 Å². The molecule has 2 nitrogen and oxygen atoms in total. The lowest BCUT2D eigenvalue weighted by Crippen LogP contribution is -2.44. The SMILES string of the molecule is CCCNC(CC1CC(OCC)C1)C1CC(C)CC(C)C1. The molecule has 21 heavy (non-hydrogen) atoms. The number of hydrogen-bond acceptors (Lipinski definition) is 2. The van der Waals surface area contributed by atoms with Gasteiger partial charge in [-0.25, -0.2) is 0 Å². The maximum Gasteiger partial charge on any atom is 0.0580 e. The van der Waals surface area contributed by atoms with Crippen molar-refractivity contribution in [2.75, 3.05) is 13.2 Å². The molecule has 2 heteroatoms. The summed E-state index contributed by atoms with van der Waals surface area (Å²) in [6, 6.07) is 0.753. The van der Waals surface area contributed by atoms with E-state index < -0.39 is 0 Å². The van der Waals surface area contributed by atoms with Gasteiger partial charge in [0.05, 0.1) is 6.10 Å². The normalized spacial score (nSPS) is 38.0. The van der Waals surface area contributed by atoms with E-state index >= 15 is 0 Å². The van der Waals surface area contributed by atoms with Crippen LogP contribution in [0, 0.1) is 23.7 Å². The molecule has 0 aromatic heterocycles. The molecule has 0 radical (unpaired) electrons. The zero-order chi connectivity index (χ0) is 15.2. The van der Waals surface area contributed by atoms with Crippen molar-refractivity contribution in [2.45, 2.75) is 84.8 Å². The average molecular weight is 296 g/mol. The van der Waals surface area contributed by atoms with E-state index in [0.717, 1.165) is 36.3 Å².